The monoisotopic (exact) mass is 426 g/mol. The summed E-state index contributed by atoms with van der Waals surface area (Å²) in [5, 5.41) is 17.3. The third-order valence-corrected chi connectivity index (χ3v) is 5.88. The van der Waals surface area contributed by atoms with Crippen molar-refractivity contribution in [3.63, 3.8) is 0 Å². The Bertz CT molecular complexity index is 999. The predicted molar refractivity (Wildman–Crippen MR) is 117 cm³/mol. The van der Waals surface area contributed by atoms with Crippen molar-refractivity contribution in [2.75, 3.05) is 19.9 Å². The molecule has 3 aromatic rings. The number of hydrogen-bond donors (Lipinski definition) is 2. The van der Waals surface area contributed by atoms with Gasteiger partial charge < -0.3 is 24.7 Å². The van der Waals surface area contributed by atoms with Crippen molar-refractivity contribution in [3.05, 3.63) is 57.8 Å². The molecule has 0 radical (unpaired) electrons. The molecule has 0 saturated carbocycles. The maximum Gasteiger partial charge on any atom is 0.231 e. The topological polar surface area (TPSA) is 85.6 Å². The summed E-state index contributed by atoms with van der Waals surface area (Å²) in [6.45, 7) is 4.26. The minimum atomic E-state index is 0.295. The first-order valence-corrected chi connectivity index (χ1v) is 10.8. The highest BCUT2D eigenvalue weighted by molar-refractivity contribution is 7.09. The molecular weight excluding hydrogens is 400 g/mol. The first-order chi connectivity index (χ1) is 14.7. The molecule has 0 atom stereocenters. The number of rotatable bonds is 8. The van der Waals surface area contributed by atoms with Crippen molar-refractivity contribution in [2.24, 2.45) is 12.0 Å². The summed E-state index contributed by atoms with van der Waals surface area (Å²) < 4.78 is 12.8. The Morgan fingerprint density at radius 1 is 1.13 bits per heavy atom. The van der Waals surface area contributed by atoms with Gasteiger partial charge in [-0.2, -0.15) is 0 Å². The molecule has 1 aliphatic rings. The van der Waals surface area contributed by atoms with E-state index in [1.165, 1.54) is 10.4 Å². The summed E-state index contributed by atoms with van der Waals surface area (Å²) in [4.78, 5) is 6.06. The number of aryl methyl sites for hydroxylation is 1. The molecule has 158 valence electrons. The number of benzene rings is 1. The molecule has 1 aliphatic heterocycles. The number of aromatic nitrogens is 3. The van der Waals surface area contributed by atoms with Gasteiger partial charge in [-0.3, -0.25) is 0 Å². The molecule has 8 nitrogen and oxygen atoms in total. The summed E-state index contributed by atoms with van der Waals surface area (Å²) in [7, 11) is 1.96. The Hall–Kier alpha value is -3.07. The molecule has 9 heteroatoms. The van der Waals surface area contributed by atoms with E-state index in [0.29, 0.717) is 13.3 Å². The fraction of sp³-hybridized carbons (Fsp3) is 0.381. The first-order valence-electron chi connectivity index (χ1n) is 9.97. The van der Waals surface area contributed by atoms with Gasteiger partial charge in [-0.15, -0.1) is 21.5 Å². The molecule has 0 amide bonds. The van der Waals surface area contributed by atoms with E-state index in [1.54, 1.807) is 11.3 Å². The van der Waals surface area contributed by atoms with E-state index in [2.05, 4.69) is 44.4 Å². The number of guanidine groups is 1. The second-order valence-corrected chi connectivity index (χ2v) is 8.04. The van der Waals surface area contributed by atoms with Crippen LogP contribution in [0.3, 0.4) is 0 Å². The molecule has 0 bridgehead atoms. The summed E-state index contributed by atoms with van der Waals surface area (Å²) in [5.74, 6) is 4.11. The van der Waals surface area contributed by atoms with Crippen LogP contribution in [0.25, 0.3) is 0 Å². The lowest BCUT2D eigenvalue weighted by Gasteiger charge is -2.13. The number of ether oxygens (including phenoxy) is 2. The van der Waals surface area contributed by atoms with Gasteiger partial charge in [0.15, 0.2) is 23.3 Å². The van der Waals surface area contributed by atoms with Gasteiger partial charge in [-0.25, -0.2) is 4.99 Å². The van der Waals surface area contributed by atoms with Gasteiger partial charge in [0.25, 0.3) is 0 Å². The number of nitrogens with one attached hydrogen (secondary N) is 2. The smallest absolute Gasteiger partial charge is 0.231 e. The molecule has 2 N–H and O–H groups in total. The zero-order chi connectivity index (χ0) is 20.8. The number of fused-ring (bicyclic) bond motifs is 1. The van der Waals surface area contributed by atoms with Crippen LogP contribution in [0.2, 0.25) is 0 Å². The standard InChI is InChI=1S/C21H26N6O2S/c1-15-25-26-20(27(15)2)13-24-21(23-10-8-17-4-3-11-30-17)22-9-7-16-5-6-18-19(12-16)29-14-28-18/h3-6,11-12H,7-10,13-14H2,1-2H3,(H2,22,23,24). The fourth-order valence-electron chi connectivity index (χ4n) is 3.09. The highest BCUT2D eigenvalue weighted by Crippen LogP contribution is 2.32. The van der Waals surface area contributed by atoms with E-state index in [0.717, 1.165) is 55.0 Å². The lowest BCUT2D eigenvalue weighted by atomic mass is 10.1. The molecule has 1 aromatic carbocycles. The predicted octanol–water partition coefficient (Wildman–Crippen LogP) is 2.43. The lowest BCUT2D eigenvalue weighted by molar-refractivity contribution is 0.174. The van der Waals surface area contributed by atoms with Crippen LogP contribution in [-0.4, -0.2) is 40.6 Å². The van der Waals surface area contributed by atoms with Gasteiger partial charge in [0.1, 0.15) is 12.4 Å². The normalized spacial score (nSPS) is 12.9. The van der Waals surface area contributed by atoms with Gasteiger partial charge in [-0.1, -0.05) is 12.1 Å². The average molecular weight is 427 g/mol. The van der Waals surface area contributed by atoms with Crippen LogP contribution in [0.15, 0.2) is 40.7 Å². The summed E-state index contributed by atoms with van der Waals surface area (Å²) >= 11 is 1.77. The minimum Gasteiger partial charge on any atom is -0.454 e. The molecule has 0 spiro atoms. The zero-order valence-electron chi connectivity index (χ0n) is 17.2. The SMILES string of the molecule is Cc1nnc(CN=C(NCCc2ccc3c(c2)OCO3)NCCc2cccs2)n1C. The van der Waals surface area contributed by atoms with E-state index < -0.39 is 0 Å². The molecular formula is C21H26N6O2S. The van der Waals surface area contributed by atoms with Gasteiger partial charge in [0.2, 0.25) is 6.79 Å². The van der Waals surface area contributed by atoms with Crippen molar-refractivity contribution in [2.45, 2.75) is 26.3 Å². The van der Waals surface area contributed by atoms with Crippen LogP contribution in [0.4, 0.5) is 0 Å². The van der Waals surface area contributed by atoms with E-state index in [4.69, 9.17) is 14.5 Å². The number of nitrogens with zero attached hydrogens (tertiary/aromatic N) is 4. The molecule has 3 heterocycles. The molecule has 0 saturated heterocycles. The van der Waals surface area contributed by atoms with Gasteiger partial charge in [0.05, 0.1) is 0 Å². The van der Waals surface area contributed by atoms with Crippen LogP contribution in [-0.2, 0) is 26.4 Å². The Balaban J connectivity index is 1.34. The Morgan fingerprint density at radius 3 is 2.73 bits per heavy atom. The van der Waals surface area contributed by atoms with Crippen molar-refractivity contribution in [3.8, 4) is 11.5 Å². The van der Waals surface area contributed by atoms with E-state index in [1.807, 2.05) is 30.7 Å². The summed E-state index contributed by atoms with van der Waals surface area (Å²) in [6, 6.07) is 10.3. The van der Waals surface area contributed by atoms with Crippen molar-refractivity contribution < 1.29 is 9.47 Å². The molecule has 2 aromatic heterocycles. The Labute approximate surface area is 180 Å². The number of hydrogen-bond acceptors (Lipinski definition) is 6. The second-order valence-electron chi connectivity index (χ2n) is 7.01. The van der Waals surface area contributed by atoms with Gasteiger partial charge in [-0.05, 0) is 48.9 Å². The largest absolute Gasteiger partial charge is 0.454 e. The van der Waals surface area contributed by atoms with Crippen LogP contribution in [0.5, 0.6) is 11.5 Å². The zero-order valence-corrected chi connectivity index (χ0v) is 18.0. The molecule has 0 fully saturated rings. The number of thiophene rings is 1. The molecule has 0 unspecified atom stereocenters. The fourth-order valence-corrected chi connectivity index (χ4v) is 3.80. The van der Waals surface area contributed by atoms with Crippen LogP contribution in [0, 0.1) is 6.92 Å². The highest BCUT2D eigenvalue weighted by atomic mass is 32.1. The Morgan fingerprint density at radius 2 is 1.97 bits per heavy atom. The highest BCUT2D eigenvalue weighted by Gasteiger charge is 2.13. The van der Waals surface area contributed by atoms with Crippen molar-refractivity contribution in [1.82, 2.24) is 25.4 Å². The van der Waals surface area contributed by atoms with Gasteiger partial charge in [0, 0.05) is 25.0 Å². The summed E-state index contributed by atoms with van der Waals surface area (Å²) in [6.07, 6.45) is 1.81. The van der Waals surface area contributed by atoms with Crippen LogP contribution in [0.1, 0.15) is 22.1 Å². The first kappa shape index (κ1) is 20.2. The quantitative estimate of drug-likeness (QED) is 0.425. The van der Waals surface area contributed by atoms with E-state index >= 15 is 0 Å². The van der Waals surface area contributed by atoms with E-state index in [9.17, 15) is 0 Å². The average Bonchev–Trinajstić information content (AvgIpc) is 3.49. The maximum atomic E-state index is 5.46. The molecule has 4 rings (SSSR count). The number of aliphatic imine (C=N–C) groups is 1. The molecule has 0 aliphatic carbocycles. The second kappa shape index (κ2) is 9.62. The Kier molecular flexibility index (Phi) is 6.48. The third kappa shape index (κ3) is 5.10. The van der Waals surface area contributed by atoms with E-state index in [-0.39, 0.29) is 0 Å². The van der Waals surface area contributed by atoms with Crippen LogP contribution >= 0.6 is 11.3 Å². The van der Waals surface area contributed by atoms with Crippen molar-refractivity contribution >= 4 is 17.3 Å². The third-order valence-electron chi connectivity index (χ3n) is 4.95. The van der Waals surface area contributed by atoms with Gasteiger partial charge >= 0.3 is 0 Å². The lowest BCUT2D eigenvalue weighted by Crippen LogP contribution is -2.39. The molecule has 30 heavy (non-hydrogen) atoms. The maximum absolute atomic E-state index is 5.46. The summed E-state index contributed by atoms with van der Waals surface area (Å²) in [5.41, 5.74) is 1.19. The van der Waals surface area contributed by atoms with Crippen molar-refractivity contribution in [1.29, 1.82) is 0 Å². The minimum absolute atomic E-state index is 0.295. The van der Waals surface area contributed by atoms with Crippen LogP contribution < -0.4 is 20.1 Å².